The molecule has 2 aromatic carbocycles. The van der Waals surface area contributed by atoms with Crippen molar-refractivity contribution >= 4 is 37.5 Å². The van der Waals surface area contributed by atoms with Gasteiger partial charge in [-0.25, -0.2) is 0 Å². The van der Waals surface area contributed by atoms with Crippen LogP contribution in [0.15, 0.2) is 51.4 Å². The van der Waals surface area contributed by atoms with Crippen LogP contribution in [0.5, 0.6) is 0 Å². The Morgan fingerprint density at radius 2 is 1.90 bits per heavy atom. The van der Waals surface area contributed by atoms with Crippen molar-refractivity contribution in [3.63, 3.8) is 0 Å². The Balaban J connectivity index is 2.17. The maximum Gasteiger partial charge on any atom is 0.0772 e. The van der Waals surface area contributed by atoms with Crippen LogP contribution < -0.4 is 4.90 Å². The lowest BCUT2D eigenvalue weighted by Gasteiger charge is -2.21. The molecule has 0 amide bonds. The van der Waals surface area contributed by atoms with Gasteiger partial charge in [0.1, 0.15) is 0 Å². The summed E-state index contributed by atoms with van der Waals surface area (Å²) >= 11 is 7.01. The molecule has 106 valence electrons. The maximum atomic E-state index is 9.65. The highest BCUT2D eigenvalue weighted by Gasteiger charge is 2.09. The van der Waals surface area contributed by atoms with Crippen molar-refractivity contribution in [3.8, 4) is 0 Å². The van der Waals surface area contributed by atoms with Crippen LogP contribution in [0.4, 0.5) is 5.69 Å². The molecule has 4 heteroatoms. The minimum absolute atomic E-state index is 0.464. The summed E-state index contributed by atoms with van der Waals surface area (Å²) in [5.74, 6) is 0. The van der Waals surface area contributed by atoms with Crippen LogP contribution in [-0.4, -0.2) is 12.2 Å². The van der Waals surface area contributed by atoms with Gasteiger partial charge >= 0.3 is 0 Å². The summed E-state index contributed by atoms with van der Waals surface area (Å²) in [4.78, 5) is 2.18. The number of rotatable bonds is 4. The monoisotopic (exact) mass is 397 g/mol. The van der Waals surface area contributed by atoms with Crippen molar-refractivity contribution in [2.75, 3.05) is 11.9 Å². The van der Waals surface area contributed by atoms with E-state index in [1.54, 1.807) is 6.92 Å². The van der Waals surface area contributed by atoms with Crippen molar-refractivity contribution in [1.29, 1.82) is 0 Å². The molecule has 0 aliphatic rings. The SMILES string of the molecule is C[C@@H](O)c1ccc(N(C)Cc2cccc(Br)c2)cc1Br. The maximum absolute atomic E-state index is 9.65. The van der Waals surface area contributed by atoms with E-state index in [9.17, 15) is 5.11 Å². The molecule has 2 nitrogen and oxygen atoms in total. The summed E-state index contributed by atoms with van der Waals surface area (Å²) in [5.41, 5.74) is 3.27. The lowest BCUT2D eigenvalue weighted by atomic mass is 10.1. The van der Waals surface area contributed by atoms with Crippen molar-refractivity contribution in [3.05, 3.63) is 62.5 Å². The van der Waals surface area contributed by atoms with E-state index in [1.807, 2.05) is 30.3 Å². The highest BCUT2D eigenvalue weighted by molar-refractivity contribution is 9.10. The first-order valence-electron chi connectivity index (χ1n) is 6.40. The molecule has 0 spiro atoms. The minimum atomic E-state index is -0.464. The molecule has 0 radical (unpaired) electrons. The van der Waals surface area contributed by atoms with Crippen LogP contribution in [0.3, 0.4) is 0 Å². The molecular formula is C16H17Br2NO. The number of aliphatic hydroxyl groups excluding tert-OH is 1. The summed E-state index contributed by atoms with van der Waals surface area (Å²) in [7, 11) is 2.06. The Kier molecular flexibility index (Phi) is 5.24. The molecule has 1 atom stereocenters. The number of benzene rings is 2. The van der Waals surface area contributed by atoms with Gasteiger partial charge in [0.05, 0.1) is 6.10 Å². The number of anilines is 1. The number of aliphatic hydroxyl groups is 1. The second-order valence-corrected chi connectivity index (χ2v) is 6.64. The average molecular weight is 399 g/mol. The van der Waals surface area contributed by atoms with Gasteiger partial charge in [-0.15, -0.1) is 0 Å². The largest absolute Gasteiger partial charge is 0.389 e. The fraction of sp³-hybridized carbons (Fsp3) is 0.250. The standard InChI is InChI=1S/C16H17Br2NO/c1-11(20)15-7-6-14(9-16(15)18)19(2)10-12-4-3-5-13(17)8-12/h3-9,11,20H,10H2,1-2H3/t11-/m1/s1. The van der Waals surface area contributed by atoms with Crippen LogP contribution in [0, 0.1) is 0 Å². The van der Waals surface area contributed by atoms with Crippen LogP contribution in [-0.2, 0) is 6.54 Å². The van der Waals surface area contributed by atoms with Gasteiger partial charge in [-0.3, -0.25) is 0 Å². The predicted molar refractivity (Wildman–Crippen MR) is 91.0 cm³/mol. The molecular weight excluding hydrogens is 382 g/mol. The third kappa shape index (κ3) is 3.84. The Hall–Kier alpha value is -0.840. The van der Waals surface area contributed by atoms with E-state index in [1.165, 1.54) is 5.56 Å². The second kappa shape index (κ2) is 6.74. The zero-order chi connectivity index (χ0) is 14.7. The molecule has 0 saturated heterocycles. The molecule has 0 heterocycles. The zero-order valence-corrected chi connectivity index (χ0v) is 14.6. The number of hydrogen-bond donors (Lipinski definition) is 1. The predicted octanol–water partition coefficient (Wildman–Crippen LogP) is 4.90. The van der Waals surface area contributed by atoms with Crippen LogP contribution in [0.2, 0.25) is 0 Å². The van der Waals surface area contributed by atoms with Gasteiger partial charge in [0.25, 0.3) is 0 Å². The van der Waals surface area contributed by atoms with Gasteiger partial charge < -0.3 is 10.0 Å². The van der Waals surface area contributed by atoms with Gasteiger partial charge in [0.15, 0.2) is 0 Å². The summed E-state index contributed by atoms with van der Waals surface area (Å²) in [6.07, 6.45) is -0.464. The molecule has 0 aliphatic heterocycles. The topological polar surface area (TPSA) is 23.5 Å². The van der Waals surface area contributed by atoms with E-state index < -0.39 is 6.10 Å². The van der Waals surface area contributed by atoms with Gasteiger partial charge in [0.2, 0.25) is 0 Å². The first-order chi connectivity index (χ1) is 9.47. The van der Waals surface area contributed by atoms with Crippen molar-refractivity contribution in [2.45, 2.75) is 19.6 Å². The van der Waals surface area contributed by atoms with Gasteiger partial charge in [-0.2, -0.15) is 0 Å². The average Bonchev–Trinajstić information content (AvgIpc) is 2.38. The van der Waals surface area contributed by atoms with Crippen molar-refractivity contribution in [1.82, 2.24) is 0 Å². The fourth-order valence-corrected chi connectivity index (χ4v) is 3.24. The minimum Gasteiger partial charge on any atom is -0.389 e. The molecule has 2 aromatic rings. The lowest BCUT2D eigenvalue weighted by Crippen LogP contribution is -2.16. The van der Waals surface area contributed by atoms with Gasteiger partial charge in [-0.05, 0) is 42.3 Å². The third-order valence-electron chi connectivity index (χ3n) is 3.18. The Morgan fingerprint density at radius 3 is 2.50 bits per heavy atom. The van der Waals surface area contributed by atoms with Crippen LogP contribution in [0.1, 0.15) is 24.2 Å². The Morgan fingerprint density at radius 1 is 1.15 bits per heavy atom. The first-order valence-corrected chi connectivity index (χ1v) is 7.99. The summed E-state index contributed by atoms with van der Waals surface area (Å²) in [6.45, 7) is 2.60. The molecule has 0 fully saturated rings. The zero-order valence-electron chi connectivity index (χ0n) is 11.5. The summed E-state index contributed by atoms with van der Waals surface area (Å²) in [6, 6.07) is 14.3. The molecule has 0 aliphatic carbocycles. The molecule has 0 saturated carbocycles. The number of halogens is 2. The number of nitrogens with zero attached hydrogens (tertiary/aromatic N) is 1. The first kappa shape index (κ1) is 15.5. The normalized spacial score (nSPS) is 12.2. The molecule has 0 unspecified atom stereocenters. The Labute approximate surface area is 136 Å². The molecule has 0 bridgehead atoms. The van der Waals surface area contributed by atoms with Gasteiger partial charge in [0, 0.05) is 28.2 Å². The van der Waals surface area contributed by atoms with Gasteiger partial charge in [-0.1, -0.05) is 50.1 Å². The van der Waals surface area contributed by atoms with E-state index in [2.05, 4.69) is 55.9 Å². The van der Waals surface area contributed by atoms with E-state index in [0.717, 1.165) is 26.7 Å². The summed E-state index contributed by atoms with van der Waals surface area (Å²) < 4.78 is 2.03. The van der Waals surface area contributed by atoms with E-state index in [0.29, 0.717) is 0 Å². The van der Waals surface area contributed by atoms with Crippen LogP contribution >= 0.6 is 31.9 Å². The highest BCUT2D eigenvalue weighted by Crippen LogP contribution is 2.28. The van der Waals surface area contributed by atoms with Crippen molar-refractivity contribution < 1.29 is 5.11 Å². The summed E-state index contributed by atoms with van der Waals surface area (Å²) in [5, 5.41) is 9.65. The van der Waals surface area contributed by atoms with Crippen LogP contribution in [0.25, 0.3) is 0 Å². The van der Waals surface area contributed by atoms with E-state index in [-0.39, 0.29) is 0 Å². The van der Waals surface area contributed by atoms with E-state index >= 15 is 0 Å². The highest BCUT2D eigenvalue weighted by atomic mass is 79.9. The quantitative estimate of drug-likeness (QED) is 0.791. The molecule has 20 heavy (non-hydrogen) atoms. The Bertz CT molecular complexity index is 599. The molecule has 2 rings (SSSR count). The lowest BCUT2D eigenvalue weighted by molar-refractivity contribution is 0.198. The third-order valence-corrected chi connectivity index (χ3v) is 4.36. The van der Waals surface area contributed by atoms with Crippen molar-refractivity contribution in [2.24, 2.45) is 0 Å². The fourth-order valence-electron chi connectivity index (χ4n) is 2.09. The second-order valence-electron chi connectivity index (χ2n) is 4.87. The van der Waals surface area contributed by atoms with E-state index in [4.69, 9.17) is 0 Å². The molecule has 0 aromatic heterocycles. The smallest absolute Gasteiger partial charge is 0.0772 e. The molecule has 1 N–H and O–H groups in total. The number of hydrogen-bond acceptors (Lipinski definition) is 2.